The molecule has 0 saturated carbocycles. The summed E-state index contributed by atoms with van der Waals surface area (Å²) in [7, 11) is 0. The number of fused-ring (bicyclic) bond motifs is 1. The minimum Gasteiger partial charge on any atom is -0.494 e. The average Bonchev–Trinajstić information content (AvgIpc) is 3.03. The number of hydrogen-bond acceptors (Lipinski definition) is 5. The van der Waals surface area contributed by atoms with Crippen LogP contribution in [0.4, 0.5) is 11.9 Å². The summed E-state index contributed by atoms with van der Waals surface area (Å²) in [5.41, 5.74) is 8.13. The molecule has 0 fully saturated rings. The van der Waals surface area contributed by atoms with E-state index in [4.69, 9.17) is 22.1 Å². The summed E-state index contributed by atoms with van der Waals surface area (Å²) in [5.74, 6) is 1.81. The van der Waals surface area contributed by atoms with E-state index in [9.17, 15) is 0 Å². The van der Waals surface area contributed by atoms with Gasteiger partial charge in [0.25, 0.3) is 0 Å². The number of aromatic nitrogens is 3. The highest BCUT2D eigenvalue weighted by Gasteiger charge is 2.30. The van der Waals surface area contributed by atoms with Crippen LogP contribution in [0, 0.1) is 0 Å². The van der Waals surface area contributed by atoms with Gasteiger partial charge in [-0.25, -0.2) is 4.68 Å². The molecule has 0 radical (unpaired) electrons. The van der Waals surface area contributed by atoms with Crippen LogP contribution < -0.4 is 15.8 Å². The lowest BCUT2D eigenvalue weighted by Gasteiger charge is -2.31. The SMILES string of the molecule is CCOc1ccc([C@@H]2C[C@H](c3ccc(Cl)cc3)n3nc(N)nc3N2)cc1. The van der Waals surface area contributed by atoms with Crippen LogP contribution in [-0.2, 0) is 0 Å². The van der Waals surface area contributed by atoms with E-state index in [-0.39, 0.29) is 18.0 Å². The molecule has 0 unspecified atom stereocenters. The molecule has 7 heteroatoms. The van der Waals surface area contributed by atoms with Crippen LogP contribution in [0.15, 0.2) is 48.5 Å². The van der Waals surface area contributed by atoms with Gasteiger partial charge < -0.3 is 15.8 Å². The van der Waals surface area contributed by atoms with Gasteiger partial charge in [0.1, 0.15) is 5.75 Å². The smallest absolute Gasteiger partial charge is 0.241 e. The molecular formula is C19H20ClN5O. The third kappa shape index (κ3) is 3.20. The van der Waals surface area contributed by atoms with Crippen LogP contribution in [0.5, 0.6) is 5.75 Å². The zero-order valence-corrected chi connectivity index (χ0v) is 15.1. The number of ether oxygens (including phenoxy) is 1. The number of hydrogen-bond donors (Lipinski definition) is 2. The van der Waals surface area contributed by atoms with Crippen molar-refractivity contribution < 1.29 is 4.74 Å². The third-order valence-electron chi connectivity index (χ3n) is 4.55. The summed E-state index contributed by atoms with van der Waals surface area (Å²) in [6, 6.07) is 16.1. The minimum atomic E-state index is 0.0323. The van der Waals surface area contributed by atoms with Gasteiger partial charge in [-0.2, -0.15) is 4.98 Å². The first-order valence-electron chi connectivity index (χ1n) is 8.61. The summed E-state index contributed by atoms with van der Waals surface area (Å²) in [6.07, 6.45) is 0.825. The van der Waals surface area contributed by atoms with E-state index in [1.807, 2.05) is 48.0 Å². The van der Waals surface area contributed by atoms with Gasteiger partial charge in [-0.1, -0.05) is 35.9 Å². The highest BCUT2D eigenvalue weighted by atomic mass is 35.5. The number of benzene rings is 2. The maximum absolute atomic E-state index is 6.04. The fourth-order valence-corrected chi connectivity index (χ4v) is 3.46. The average molecular weight is 370 g/mol. The van der Waals surface area contributed by atoms with E-state index in [1.165, 1.54) is 5.56 Å². The quantitative estimate of drug-likeness (QED) is 0.725. The lowest BCUT2D eigenvalue weighted by atomic mass is 9.93. The van der Waals surface area contributed by atoms with Crippen molar-refractivity contribution in [2.45, 2.75) is 25.4 Å². The number of nitrogens with zero attached hydrogens (tertiary/aromatic N) is 3. The highest BCUT2D eigenvalue weighted by molar-refractivity contribution is 6.30. The molecule has 1 aliphatic rings. The van der Waals surface area contributed by atoms with E-state index < -0.39 is 0 Å². The van der Waals surface area contributed by atoms with Crippen molar-refractivity contribution >= 4 is 23.5 Å². The van der Waals surface area contributed by atoms with Crippen LogP contribution in [0.3, 0.4) is 0 Å². The van der Waals surface area contributed by atoms with Crippen molar-refractivity contribution in [3.05, 3.63) is 64.7 Å². The normalized spacial score (nSPS) is 18.8. The van der Waals surface area contributed by atoms with Crippen molar-refractivity contribution in [3.63, 3.8) is 0 Å². The Morgan fingerprint density at radius 3 is 2.54 bits per heavy atom. The van der Waals surface area contributed by atoms with Crippen molar-refractivity contribution in [2.24, 2.45) is 0 Å². The molecule has 2 aromatic carbocycles. The van der Waals surface area contributed by atoms with E-state index in [2.05, 4.69) is 27.5 Å². The number of nitrogens with one attached hydrogen (secondary N) is 1. The van der Waals surface area contributed by atoms with Crippen molar-refractivity contribution in [3.8, 4) is 5.75 Å². The second-order valence-corrected chi connectivity index (χ2v) is 6.68. The van der Waals surface area contributed by atoms with Gasteiger partial charge in [-0.3, -0.25) is 0 Å². The summed E-state index contributed by atoms with van der Waals surface area (Å²) in [5, 5.41) is 8.52. The van der Waals surface area contributed by atoms with E-state index in [1.54, 1.807) is 0 Å². The molecule has 2 heterocycles. The minimum absolute atomic E-state index is 0.0323. The maximum Gasteiger partial charge on any atom is 0.241 e. The Morgan fingerprint density at radius 2 is 1.85 bits per heavy atom. The Balaban J connectivity index is 1.67. The zero-order valence-electron chi connectivity index (χ0n) is 14.4. The fourth-order valence-electron chi connectivity index (χ4n) is 3.34. The van der Waals surface area contributed by atoms with Gasteiger partial charge in [0.05, 0.1) is 18.7 Å². The summed E-state index contributed by atoms with van der Waals surface area (Å²) < 4.78 is 7.38. The second-order valence-electron chi connectivity index (χ2n) is 6.24. The first-order chi connectivity index (χ1) is 12.6. The summed E-state index contributed by atoms with van der Waals surface area (Å²) >= 11 is 6.04. The summed E-state index contributed by atoms with van der Waals surface area (Å²) in [6.45, 7) is 2.63. The van der Waals surface area contributed by atoms with Crippen molar-refractivity contribution in [1.29, 1.82) is 0 Å². The lowest BCUT2D eigenvalue weighted by Crippen LogP contribution is -2.28. The molecule has 4 rings (SSSR count). The molecule has 6 nitrogen and oxygen atoms in total. The van der Waals surface area contributed by atoms with Gasteiger partial charge in [0.2, 0.25) is 11.9 Å². The molecule has 1 aliphatic heterocycles. The fraction of sp³-hybridized carbons (Fsp3) is 0.263. The molecule has 0 bridgehead atoms. The Hall–Kier alpha value is -2.73. The third-order valence-corrected chi connectivity index (χ3v) is 4.81. The van der Waals surface area contributed by atoms with Crippen molar-refractivity contribution in [2.75, 3.05) is 17.7 Å². The molecule has 0 spiro atoms. The van der Waals surface area contributed by atoms with Crippen LogP contribution in [-0.4, -0.2) is 21.4 Å². The molecule has 26 heavy (non-hydrogen) atoms. The molecule has 0 saturated heterocycles. The Labute approximate surface area is 156 Å². The molecule has 1 aromatic heterocycles. The molecule has 3 aromatic rings. The second kappa shape index (κ2) is 6.88. The van der Waals surface area contributed by atoms with E-state index in [0.717, 1.165) is 17.7 Å². The van der Waals surface area contributed by atoms with Gasteiger partial charge in [0.15, 0.2) is 0 Å². The first-order valence-corrected chi connectivity index (χ1v) is 8.98. The first kappa shape index (κ1) is 16.7. The Bertz CT molecular complexity index is 891. The van der Waals surface area contributed by atoms with E-state index >= 15 is 0 Å². The number of anilines is 2. The van der Waals surface area contributed by atoms with E-state index in [0.29, 0.717) is 17.6 Å². The van der Waals surface area contributed by atoms with Crippen LogP contribution >= 0.6 is 11.6 Å². The number of nitrogens with two attached hydrogens (primary N) is 1. The van der Waals surface area contributed by atoms with Gasteiger partial charge in [0, 0.05) is 5.02 Å². The largest absolute Gasteiger partial charge is 0.494 e. The number of nitrogen functional groups attached to an aromatic ring is 1. The number of rotatable bonds is 4. The predicted octanol–water partition coefficient (Wildman–Crippen LogP) is 4.06. The standard InChI is InChI=1S/C19H20ClN5O/c1-2-26-15-9-5-12(6-10-15)16-11-17(13-3-7-14(20)8-4-13)25-19(22-16)23-18(21)24-25/h3-10,16-17H,2,11H2,1H3,(H3,21,22,23,24)/t16-,17+/m0/s1. The Morgan fingerprint density at radius 1 is 1.15 bits per heavy atom. The summed E-state index contributed by atoms with van der Waals surface area (Å²) in [4.78, 5) is 4.34. The van der Waals surface area contributed by atoms with Crippen LogP contribution in [0.25, 0.3) is 0 Å². The predicted molar refractivity (Wildman–Crippen MR) is 103 cm³/mol. The molecule has 0 amide bonds. The van der Waals surface area contributed by atoms with Gasteiger partial charge in [-0.05, 0) is 48.7 Å². The molecule has 0 aliphatic carbocycles. The van der Waals surface area contributed by atoms with Crippen molar-refractivity contribution in [1.82, 2.24) is 14.8 Å². The Kier molecular flexibility index (Phi) is 4.42. The molecular weight excluding hydrogens is 350 g/mol. The molecule has 2 atom stereocenters. The van der Waals surface area contributed by atoms with Gasteiger partial charge >= 0.3 is 0 Å². The number of halogens is 1. The highest BCUT2D eigenvalue weighted by Crippen LogP contribution is 2.38. The van der Waals surface area contributed by atoms with Gasteiger partial charge in [-0.15, -0.1) is 5.10 Å². The molecule has 3 N–H and O–H groups in total. The molecule has 134 valence electrons. The monoisotopic (exact) mass is 369 g/mol. The van der Waals surface area contributed by atoms with Crippen LogP contribution in [0.1, 0.15) is 36.6 Å². The maximum atomic E-state index is 6.04. The topological polar surface area (TPSA) is 78.0 Å². The van der Waals surface area contributed by atoms with Crippen LogP contribution in [0.2, 0.25) is 5.02 Å². The lowest BCUT2D eigenvalue weighted by molar-refractivity contribution is 0.340. The zero-order chi connectivity index (χ0) is 18.1.